The molecule has 0 bridgehead atoms. The lowest BCUT2D eigenvalue weighted by Gasteiger charge is -2.02. The first kappa shape index (κ1) is 8.97. The standard InChI is InChI=1S/C13H11N3/c1-2-8-12(14-9-5-1)13-10-6-3-4-7-11(10)15-16-13/h1-9,14H,(H,15,16). The molecule has 0 saturated heterocycles. The monoisotopic (exact) mass is 209 g/mol. The topological polar surface area (TPSA) is 40.7 Å². The van der Waals surface area contributed by atoms with Crippen molar-refractivity contribution in [3.05, 3.63) is 60.5 Å². The fourth-order valence-electron chi connectivity index (χ4n) is 1.77. The van der Waals surface area contributed by atoms with Gasteiger partial charge >= 0.3 is 0 Å². The SMILES string of the molecule is C1=CC=C(c2n[nH]c3ccccc23)NC=C1. The van der Waals surface area contributed by atoms with Crippen LogP contribution in [0.15, 0.2) is 54.8 Å². The van der Waals surface area contributed by atoms with Gasteiger partial charge in [-0.3, -0.25) is 5.10 Å². The van der Waals surface area contributed by atoms with E-state index in [2.05, 4.69) is 21.6 Å². The van der Waals surface area contributed by atoms with Crippen molar-refractivity contribution in [2.45, 2.75) is 0 Å². The highest BCUT2D eigenvalue weighted by molar-refractivity contribution is 5.90. The van der Waals surface area contributed by atoms with E-state index in [-0.39, 0.29) is 0 Å². The molecule has 0 amide bonds. The number of hydrogen-bond donors (Lipinski definition) is 2. The van der Waals surface area contributed by atoms with E-state index in [0.29, 0.717) is 0 Å². The van der Waals surface area contributed by atoms with E-state index in [9.17, 15) is 0 Å². The molecule has 0 spiro atoms. The van der Waals surface area contributed by atoms with Gasteiger partial charge in [0.1, 0.15) is 5.69 Å². The molecule has 0 saturated carbocycles. The summed E-state index contributed by atoms with van der Waals surface area (Å²) in [5, 5.41) is 11.7. The highest BCUT2D eigenvalue weighted by Gasteiger charge is 2.08. The van der Waals surface area contributed by atoms with E-state index in [1.165, 1.54) is 0 Å². The molecule has 1 aliphatic heterocycles. The minimum Gasteiger partial charge on any atom is -0.360 e. The van der Waals surface area contributed by atoms with Crippen LogP contribution in [0.3, 0.4) is 0 Å². The van der Waals surface area contributed by atoms with Crippen LogP contribution >= 0.6 is 0 Å². The quantitative estimate of drug-likeness (QED) is 0.757. The number of aromatic amines is 1. The van der Waals surface area contributed by atoms with Crippen molar-refractivity contribution in [1.29, 1.82) is 0 Å². The molecule has 0 fully saturated rings. The highest BCUT2D eigenvalue weighted by atomic mass is 15.1. The Morgan fingerprint density at radius 3 is 2.94 bits per heavy atom. The molecule has 0 unspecified atom stereocenters. The van der Waals surface area contributed by atoms with E-state index in [0.717, 1.165) is 22.3 Å². The summed E-state index contributed by atoms with van der Waals surface area (Å²) >= 11 is 0. The zero-order valence-electron chi connectivity index (χ0n) is 8.64. The second kappa shape index (κ2) is 3.70. The number of para-hydroxylation sites is 1. The van der Waals surface area contributed by atoms with Gasteiger partial charge in [0.05, 0.1) is 11.2 Å². The first-order valence-corrected chi connectivity index (χ1v) is 5.19. The van der Waals surface area contributed by atoms with E-state index in [1.807, 2.05) is 48.7 Å². The maximum atomic E-state index is 4.34. The Labute approximate surface area is 93.2 Å². The van der Waals surface area contributed by atoms with Crippen LogP contribution in [0.25, 0.3) is 16.6 Å². The summed E-state index contributed by atoms with van der Waals surface area (Å²) in [6, 6.07) is 8.10. The molecule has 0 aliphatic carbocycles. The van der Waals surface area contributed by atoms with Gasteiger partial charge in [-0.15, -0.1) is 0 Å². The Bertz CT molecular complexity index is 602. The molecule has 3 heteroatoms. The summed E-state index contributed by atoms with van der Waals surface area (Å²) in [5.74, 6) is 0. The van der Waals surface area contributed by atoms with Crippen LogP contribution in [0, 0.1) is 0 Å². The van der Waals surface area contributed by atoms with Crippen LogP contribution in [0.5, 0.6) is 0 Å². The van der Waals surface area contributed by atoms with Gasteiger partial charge in [0.2, 0.25) is 0 Å². The molecule has 78 valence electrons. The number of H-pyrrole nitrogens is 1. The van der Waals surface area contributed by atoms with Crippen LogP contribution in [0.4, 0.5) is 0 Å². The number of aromatic nitrogens is 2. The van der Waals surface area contributed by atoms with Gasteiger partial charge in [-0.1, -0.05) is 30.4 Å². The van der Waals surface area contributed by atoms with Crippen molar-refractivity contribution in [3.8, 4) is 0 Å². The number of allylic oxidation sites excluding steroid dienone is 4. The highest BCUT2D eigenvalue weighted by Crippen LogP contribution is 2.21. The molecule has 2 aromatic rings. The van der Waals surface area contributed by atoms with Crippen LogP contribution in [0.2, 0.25) is 0 Å². The van der Waals surface area contributed by atoms with Gasteiger partial charge in [0, 0.05) is 11.6 Å². The van der Waals surface area contributed by atoms with E-state index >= 15 is 0 Å². The molecule has 2 heterocycles. The molecular weight excluding hydrogens is 198 g/mol. The minimum atomic E-state index is 0.951. The second-order valence-electron chi connectivity index (χ2n) is 3.59. The lowest BCUT2D eigenvalue weighted by Crippen LogP contribution is -2.03. The minimum absolute atomic E-state index is 0.951. The maximum absolute atomic E-state index is 4.34. The molecule has 2 N–H and O–H groups in total. The second-order valence-corrected chi connectivity index (χ2v) is 3.59. The smallest absolute Gasteiger partial charge is 0.116 e. The summed E-state index contributed by atoms with van der Waals surface area (Å²) in [4.78, 5) is 0. The van der Waals surface area contributed by atoms with Gasteiger partial charge in [0.15, 0.2) is 0 Å². The van der Waals surface area contributed by atoms with E-state index in [4.69, 9.17) is 0 Å². The molecule has 1 aliphatic rings. The lowest BCUT2D eigenvalue weighted by molar-refractivity contribution is 1.07. The first-order chi connectivity index (χ1) is 7.95. The summed E-state index contributed by atoms with van der Waals surface area (Å²) < 4.78 is 0. The molecular formula is C13H11N3. The van der Waals surface area contributed by atoms with Crippen LogP contribution in [-0.2, 0) is 0 Å². The molecule has 3 rings (SSSR count). The first-order valence-electron chi connectivity index (χ1n) is 5.19. The number of nitrogens with zero attached hydrogens (tertiary/aromatic N) is 1. The fraction of sp³-hybridized carbons (Fsp3) is 0. The third kappa shape index (κ3) is 1.42. The predicted octanol–water partition coefficient (Wildman–Crippen LogP) is 2.58. The summed E-state index contributed by atoms with van der Waals surface area (Å²) in [6.45, 7) is 0. The van der Waals surface area contributed by atoms with Crippen LogP contribution < -0.4 is 5.32 Å². The average Bonchev–Trinajstić information content (AvgIpc) is 2.57. The van der Waals surface area contributed by atoms with Crippen molar-refractivity contribution in [1.82, 2.24) is 15.5 Å². The predicted molar refractivity (Wildman–Crippen MR) is 65.5 cm³/mol. The summed E-state index contributed by atoms with van der Waals surface area (Å²) in [6.07, 6.45) is 9.85. The van der Waals surface area contributed by atoms with Gasteiger partial charge in [-0.2, -0.15) is 5.10 Å². The third-order valence-corrected chi connectivity index (χ3v) is 2.55. The van der Waals surface area contributed by atoms with Crippen LogP contribution in [0.1, 0.15) is 5.69 Å². The molecule has 0 radical (unpaired) electrons. The van der Waals surface area contributed by atoms with Crippen molar-refractivity contribution >= 4 is 16.6 Å². The van der Waals surface area contributed by atoms with E-state index < -0.39 is 0 Å². The summed E-state index contributed by atoms with van der Waals surface area (Å²) in [5.41, 5.74) is 3.01. The number of nitrogens with one attached hydrogen (secondary N) is 2. The van der Waals surface area contributed by atoms with Crippen LogP contribution in [-0.4, -0.2) is 10.2 Å². The van der Waals surface area contributed by atoms with Crippen molar-refractivity contribution in [2.24, 2.45) is 0 Å². The summed E-state index contributed by atoms with van der Waals surface area (Å²) in [7, 11) is 0. The average molecular weight is 209 g/mol. The van der Waals surface area contributed by atoms with E-state index in [1.54, 1.807) is 0 Å². The molecule has 3 nitrogen and oxygen atoms in total. The zero-order valence-corrected chi connectivity index (χ0v) is 8.64. The van der Waals surface area contributed by atoms with Gasteiger partial charge < -0.3 is 5.32 Å². The molecule has 16 heavy (non-hydrogen) atoms. The molecule has 1 aromatic heterocycles. The van der Waals surface area contributed by atoms with Crippen molar-refractivity contribution in [3.63, 3.8) is 0 Å². The Balaban J connectivity index is 2.15. The Morgan fingerprint density at radius 2 is 1.94 bits per heavy atom. The van der Waals surface area contributed by atoms with Gasteiger partial charge in [-0.05, 0) is 18.2 Å². The maximum Gasteiger partial charge on any atom is 0.116 e. The Morgan fingerprint density at radius 1 is 1.00 bits per heavy atom. The third-order valence-electron chi connectivity index (χ3n) is 2.55. The van der Waals surface area contributed by atoms with Gasteiger partial charge in [0.25, 0.3) is 0 Å². The molecule has 1 aromatic carbocycles. The molecule has 0 atom stereocenters. The fourth-order valence-corrected chi connectivity index (χ4v) is 1.77. The zero-order chi connectivity index (χ0) is 10.8. The van der Waals surface area contributed by atoms with Crippen molar-refractivity contribution < 1.29 is 0 Å². The van der Waals surface area contributed by atoms with Gasteiger partial charge in [-0.25, -0.2) is 0 Å². The Hall–Kier alpha value is -2.29. The Kier molecular flexibility index (Phi) is 2.07. The number of rotatable bonds is 1. The lowest BCUT2D eigenvalue weighted by atomic mass is 10.1. The normalized spacial score (nSPS) is 14.6. The van der Waals surface area contributed by atoms with Crippen molar-refractivity contribution in [2.75, 3.05) is 0 Å². The number of hydrogen-bond acceptors (Lipinski definition) is 2. The largest absolute Gasteiger partial charge is 0.360 e. The number of fused-ring (bicyclic) bond motifs is 1. The number of benzene rings is 1.